The maximum atomic E-state index is 5.95. The fourth-order valence-electron chi connectivity index (χ4n) is 1.86. The molecule has 1 saturated carbocycles. The van der Waals surface area contributed by atoms with Crippen LogP contribution in [0, 0.1) is 18.3 Å². The lowest BCUT2D eigenvalue weighted by Gasteiger charge is -2.27. The van der Waals surface area contributed by atoms with Gasteiger partial charge in [-0.25, -0.2) is 0 Å². The summed E-state index contributed by atoms with van der Waals surface area (Å²) in [5, 5.41) is 0. The maximum absolute atomic E-state index is 5.95. The minimum absolute atomic E-state index is 0.428. The van der Waals surface area contributed by atoms with Crippen molar-refractivity contribution in [2.45, 2.75) is 44.6 Å². The fourth-order valence-corrected chi connectivity index (χ4v) is 1.86. The molecule has 2 N–H and O–H groups in total. The second-order valence-corrected chi connectivity index (χ2v) is 3.45. The molecule has 0 heterocycles. The van der Waals surface area contributed by atoms with E-state index in [1.165, 1.54) is 25.7 Å². The first-order valence-electron chi connectivity index (χ1n) is 4.53. The van der Waals surface area contributed by atoms with Gasteiger partial charge < -0.3 is 5.73 Å². The number of hydrogen-bond acceptors (Lipinski definition) is 1. The second-order valence-electron chi connectivity index (χ2n) is 3.45. The average molecular weight is 151 g/mol. The van der Waals surface area contributed by atoms with Crippen molar-refractivity contribution in [3.05, 3.63) is 0 Å². The highest BCUT2D eigenvalue weighted by Crippen LogP contribution is 2.26. The van der Waals surface area contributed by atoms with Crippen molar-refractivity contribution in [2.75, 3.05) is 0 Å². The number of rotatable bonds is 2. The third-order valence-corrected chi connectivity index (χ3v) is 2.63. The summed E-state index contributed by atoms with van der Waals surface area (Å²) in [6.07, 6.45) is 12.4. The summed E-state index contributed by atoms with van der Waals surface area (Å²) in [4.78, 5) is 0. The Morgan fingerprint density at radius 2 is 2.09 bits per heavy atom. The number of nitrogens with two attached hydrogens (primary N) is 1. The molecule has 0 aliphatic heterocycles. The normalized spacial score (nSPS) is 31.3. The zero-order valence-corrected chi connectivity index (χ0v) is 7.05. The van der Waals surface area contributed by atoms with Gasteiger partial charge in [-0.2, -0.15) is 0 Å². The van der Waals surface area contributed by atoms with Crippen LogP contribution in [0.4, 0.5) is 0 Å². The van der Waals surface area contributed by atoms with Crippen molar-refractivity contribution in [2.24, 2.45) is 11.7 Å². The van der Waals surface area contributed by atoms with Crippen LogP contribution in [0.25, 0.3) is 0 Å². The van der Waals surface area contributed by atoms with E-state index in [-0.39, 0.29) is 0 Å². The molecule has 1 nitrogen and oxygen atoms in total. The molecule has 0 radical (unpaired) electrons. The molecular weight excluding hydrogens is 134 g/mol. The zero-order valence-electron chi connectivity index (χ0n) is 7.05. The highest BCUT2D eigenvalue weighted by Gasteiger charge is 2.20. The van der Waals surface area contributed by atoms with Gasteiger partial charge in [0.15, 0.2) is 0 Å². The quantitative estimate of drug-likeness (QED) is 0.599. The Hall–Kier alpha value is -0.480. The Morgan fingerprint density at radius 1 is 1.36 bits per heavy atom. The molecule has 0 aromatic carbocycles. The predicted molar refractivity (Wildman–Crippen MR) is 48.0 cm³/mol. The van der Waals surface area contributed by atoms with Gasteiger partial charge in [0.1, 0.15) is 0 Å². The van der Waals surface area contributed by atoms with Crippen LogP contribution in [0.1, 0.15) is 38.5 Å². The summed E-state index contributed by atoms with van der Waals surface area (Å²) in [6, 6.07) is 0.428. The highest BCUT2D eigenvalue weighted by atomic mass is 14.7. The molecule has 2 unspecified atom stereocenters. The lowest BCUT2D eigenvalue weighted by molar-refractivity contribution is 0.294. The predicted octanol–water partition coefficient (Wildman–Crippen LogP) is 1.92. The molecule has 11 heavy (non-hydrogen) atoms. The van der Waals surface area contributed by atoms with Crippen molar-refractivity contribution in [1.29, 1.82) is 0 Å². The van der Waals surface area contributed by atoms with Crippen molar-refractivity contribution < 1.29 is 0 Å². The van der Waals surface area contributed by atoms with Gasteiger partial charge in [0, 0.05) is 12.5 Å². The molecule has 1 rings (SSSR count). The van der Waals surface area contributed by atoms with E-state index in [0.717, 1.165) is 12.8 Å². The molecule has 0 saturated heterocycles. The second kappa shape index (κ2) is 4.41. The minimum atomic E-state index is 0.428. The van der Waals surface area contributed by atoms with Crippen molar-refractivity contribution >= 4 is 0 Å². The van der Waals surface area contributed by atoms with E-state index in [2.05, 4.69) is 5.92 Å². The first kappa shape index (κ1) is 8.62. The van der Waals surface area contributed by atoms with E-state index in [1.54, 1.807) is 0 Å². The molecule has 62 valence electrons. The molecule has 0 amide bonds. The van der Waals surface area contributed by atoms with Crippen LogP contribution < -0.4 is 5.73 Å². The van der Waals surface area contributed by atoms with Gasteiger partial charge in [0.25, 0.3) is 0 Å². The summed E-state index contributed by atoms with van der Waals surface area (Å²) < 4.78 is 0. The highest BCUT2D eigenvalue weighted by molar-refractivity contribution is 4.87. The Labute approximate surface area is 69.4 Å². The Kier molecular flexibility index (Phi) is 3.45. The van der Waals surface area contributed by atoms with E-state index in [1.807, 2.05) is 0 Å². The molecule has 1 fully saturated rings. The lowest BCUT2D eigenvalue weighted by Crippen LogP contribution is -2.32. The largest absolute Gasteiger partial charge is 0.327 e. The van der Waals surface area contributed by atoms with Crippen LogP contribution >= 0.6 is 0 Å². The van der Waals surface area contributed by atoms with E-state index >= 15 is 0 Å². The summed E-state index contributed by atoms with van der Waals surface area (Å²) >= 11 is 0. The van der Waals surface area contributed by atoms with Gasteiger partial charge in [-0.05, 0) is 25.2 Å². The van der Waals surface area contributed by atoms with Crippen molar-refractivity contribution in [3.8, 4) is 12.3 Å². The van der Waals surface area contributed by atoms with Gasteiger partial charge in [-0.1, -0.05) is 12.8 Å². The molecule has 0 aromatic rings. The maximum Gasteiger partial charge on any atom is 0.00892 e. The molecule has 1 aliphatic rings. The van der Waals surface area contributed by atoms with Crippen LogP contribution in [-0.4, -0.2) is 6.04 Å². The van der Waals surface area contributed by atoms with Crippen LogP contribution in [0.5, 0.6) is 0 Å². The van der Waals surface area contributed by atoms with Crippen molar-refractivity contribution in [1.82, 2.24) is 0 Å². The number of hydrogen-bond donors (Lipinski definition) is 1. The average Bonchev–Trinajstić information content (AvgIpc) is 2.03. The van der Waals surface area contributed by atoms with Crippen LogP contribution in [-0.2, 0) is 0 Å². The topological polar surface area (TPSA) is 26.0 Å². The van der Waals surface area contributed by atoms with Crippen LogP contribution in [0.2, 0.25) is 0 Å². The summed E-state index contributed by atoms with van der Waals surface area (Å²) in [5.74, 6) is 3.39. The third-order valence-electron chi connectivity index (χ3n) is 2.63. The Morgan fingerprint density at radius 3 is 2.73 bits per heavy atom. The van der Waals surface area contributed by atoms with Gasteiger partial charge in [-0.3, -0.25) is 0 Å². The lowest BCUT2D eigenvalue weighted by atomic mass is 9.82. The minimum Gasteiger partial charge on any atom is -0.327 e. The molecular formula is C10H17N. The summed E-state index contributed by atoms with van der Waals surface area (Å²) in [6.45, 7) is 0. The van der Waals surface area contributed by atoms with E-state index in [0.29, 0.717) is 12.0 Å². The van der Waals surface area contributed by atoms with E-state index in [4.69, 9.17) is 12.2 Å². The summed E-state index contributed by atoms with van der Waals surface area (Å²) in [7, 11) is 0. The molecule has 2 atom stereocenters. The molecule has 0 spiro atoms. The fraction of sp³-hybridized carbons (Fsp3) is 0.800. The zero-order chi connectivity index (χ0) is 8.10. The smallest absolute Gasteiger partial charge is 0.00892 e. The Bertz CT molecular complexity index is 145. The first-order chi connectivity index (χ1) is 5.34. The monoisotopic (exact) mass is 151 g/mol. The Balaban J connectivity index is 2.25. The third kappa shape index (κ3) is 2.55. The van der Waals surface area contributed by atoms with E-state index < -0.39 is 0 Å². The first-order valence-corrected chi connectivity index (χ1v) is 4.53. The van der Waals surface area contributed by atoms with Gasteiger partial charge in [-0.15, -0.1) is 12.3 Å². The van der Waals surface area contributed by atoms with Gasteiger partial charge in [0.2, 0.25) is 0 Å². The SMILES string of the molecule is C#CCCC1CCCCC1N. The molecule has 0 aromatic heterocycles. The van der Waals surface area contributed by atoms with Gasteiger partial charge in [0.05, 0.1) is 0 Å². The molecule has 1 aliphatic carbocycles. The van der Waals surface area contributed by atoms with Gasteiger partial charge >= 0.3 is 0 Å². The van der Waals surface area contributed by atoms with Crippen LogP contribution in [0.15, 0.2) is 0 Å². The molecule has 0 bridgehead atoms. The molecule has 1 heteroatoms. The summed E-state index contributed by atoms with van der Waals surface area (Å²) in [5.41, 5.74) is 5.95. The van der Waals surface area contributed by atoms with Crippen LogP contribution in [0.3, 0.4) is 0 Å². The van der Waals surface area contributed by atoms with E-state index in [9.17, 15) is 0 Å². The standard InChI is InChI=1S/C10H17N/c1-2-3-6-9-7-4-5-8-10(9)11/h1,9-10H,3-8,11H2. The number of terminal acetylenes is 1. The van der Waals surface area contributed by atoms with Crippen molar-refractivity contribution in [3.63, 3.8) is 0 Å².